The Hall–Kier alpha value is -1.34. The third-order valence-corrected chi connectivity index (χ3v) is 6.22. The minimum atomic E-state index is -3.51. The van der Waals surface area contributed by atoms with Gasteiger partial charge in [0.25, 0.3) is 0 Å². The first-order valence-electron chi connectivity index (χ1n) is 7.46. The fourth-order valence-corrected chi connectivity index (χ4v) is 4.16. The molecule has 2 rings (SSSR count). The van der Waals surface area contributed by atoms with Crippen LogP contribution in [0.2, 0.25) is 0 Å². The van der Waals surface area contributed by atoms with Gasteiger partial charge in [0.15, 0.2) is 0 Å². The molecule has 0 spiro atoms. The molecule has 2 aromatic carbocycles. The average molecular weight is 351 g/mol. The smallest absolute Gasteiger partial charge is 0.243 e. The molecular formula is C17H22N2O2S2. The Balaban J connectivity index is 2.16. The first kappa shape index (κ1) is 18.0. The number of thioether (sulfide) groups is 1. The van der Waals surface area contributed by atoms with E-state index in [1.807, 2.05) is 48.7 Å². The average Bonchev–Trinajstić information content (AvgIpc) is 2.59. The monoisotopic (exact) mass is 350 g/mol. The first-order chi connectivity index (χ1) is 11.1. The van der Waals surface area contributed by atoms with Gasteiger partial charge in [0.05, 0.1) is 4.90 Å². The summed E-state index contributed by atoms with van der Waals surface area (Å²) in [6, 6.07) is 16.8. The maximum atomic E-state index is 12.8. The highest BCUT2D eigenvalue weighted by Crippen LogP contribution is 2.20. The summed E-state index contributed by atoms with van der Waals surface area (Å²) in [4.78, 5) is 1.36. The molecule has 0 aromatic heterocycles. The first-order valence-corrected chi connectivity index (χ1v) is 10.1. The van der Waals surface area contributed by atoms with Gasteiger partial charge in [-0.3, -0.25) is 0 Å². The molecule has 4 nitrogen and oxygen atoms in total. The fourth-order valence-electron chi connectivity index (χ4n) is 2.29. The van der Waals surface area contributed by atoms with E-state index in [0.29, 0.717) is 31.0 Å². The lowest BCUT2D eigenvalue weighted by Gasteiger charge is -2.21. The third kappa shape index (κ3) is 4.81. The van der Waals surface area contributed by atoms with Crippen molar-refractivity contribution in [3.8, 4) is 0 Å². The zero-order valence-electron chi connectivity index (χ0n) is 13.2. The Kier molecular flexibility index (Phi) is 6.65. The van der Waals surface area contributed by atoms with Crippen molar-refractivity contribution in [2.75, 3.05) is 25.9 Å². The van der Waals surface area contributed by atoms with Crippen LogP contribution in [0.3, 0.4) is 0 Å². The van der Waals surface area contributed by atoms with Crippen LogP contribution >= 0.6 is 11.8 Å². The number of hydrogen-bond acceptors (Lipinski definition) is 4. The molecule has 2 N–H and O–H groups in total. The molecule has 0 atom stereocenters. The highest BCUT2D eigenvalue weighted by atomic mass is 32.2. The fraction of sp³-hybridized carbons (Fsp3) is 0.294. The van der Waals surface area contributed by atoms with E-state index in [1.165, 1.54) is 4.31 Å². The van der Waals surface area contributed by atoms with Crippen LogP contribution in [0.15, 0.2) is 64.4 Å². The number of benzene rings is 2. The summed E-state index contributed by atoms with van der Waals surface area (Å²) in [5, 5.41) is 0. The van der Waals surface area contributed by atoms with Crippen LogP contribution < -0.4 is 5.73 Å². The molecule has 0 aliphatic rings. The predicted octanol–water partition coefficient (Wildman–Crippen LogP) is 2.60. The molecule has 2 aromatic rings. The third-order valence-electron chi connectivity index (χ3n) is 3.57. The molecular weight excluding hydrogens is 328 g/mol. The second kappa shape index (κ2) is 8.49. The summed E-state index contributed by atoms with van der Waals surface area (Å²) in [5.41, 5.74) is 6.72. The quantitative estimate of drug-likeness (QED) is 0.743. The number of nitrogens with two attached hydrogens (primary N) is 1. The van der Waals surface area contributed by atoms with Crippen LogP contribution in [0, 0.1) is 0 Å². The van der Waals surface area contributed by atoms with Crippen LogP contribution in [0.25, 0.3) is 0 Å². The molecule has 23 heavy (non-hydrogen) atoms. The summed E-state index contributed by atoms with van der Waals surface area (Å²) in [6.07, 6.45) is 2.63. The second-order valence-electron chi connectivity index (χ2n) is 5.10. The number of rotatable bonds is 8. The van der Waals surface area contributed by atoms with Crippen molar-refractivity contribution in [1.82, 2.24) is 4.31 Å². The van der Waals surface area contributed by atoms with Crippen LogP contribution in [0.1, 0.15) is 5.56 Å². The van der Waals surface area contributed by atoms with Crippen LogP contribution in [-0.4, -0.2) is 38.6 Å². The van der Waals surface area contributed by atoms with Gasteiger partial charge >= 0.3 is 0 Å². The zero-order valence-corrected chi connectivity index (χ0v) is 14.8. The van der Waals surface area contributed by atoms with Gasteiger partial charge in [-0.05, 0) is 42.5 Å². The summed E-state index contributed by atoms with van der Waals surface area (Å²) in [6.45, 7) is 1.05. The molecule has 0 unspecified atom stereocenters. The van der Waals surface area contributed by atoms with E-state index in [2.05, 4.69) is 0 Å². The van der Waals surface area contributed by atoms with Gasteiger partial charge < -0.3 is 5.73 Å². The van der Waals surface area contributed by atoms with E-state index < -0.39 is 10.0 Å². The summed E-state index contributed by atoms with van der Waals surface area (Å²) in [7, 11) is -3.51. The number of nitrogens with zero attached hydrogens (tertiary/aromatic N) is 1. The van der Waals surface area contributed by atoms with E-state index in [4.69, 9.17) is 5.73 Å². The minimum absolute atomic E-state index is 0.302. The molecule has 0 aliphatic carbocycles. The van der Waals surface area contributed by atoms with Crippen molar-refractivity contribution < 1.29 is 8.42 Å². The Morgan fingerprint density at radius 3 is 2.22 bits per heavy atom. The van der Waals surface area contributed by atoms with Crippen LogP contribution in [0.4, 0.5) is 0 Å². The maximum absolute atomic E-state index is 12.8. The van der Waals surface area contributed by atoms with Crippen molar-refractivity contribution >= 4 is 21.8 Å². The van der Waals surface area contributed by atoms with Crippen molar-refractivity contribution in [2.24, 2.45) is 5.73 Å². The van der Waals surface area contributed by atoms with Gasteiger partial charge in [0.2, 0.25) is 10.0 Å². The van der Waals surface area contributed by atoms with Crippen LogP contribution in [-0.2, 0) is 16.4 Å². The molecule has 0 fully saturated rings. The van der Waals surface area contributed by atoms with Gasteiger partial charge in [0, 0.05) is 24.5 Å². The van der Waals surface area contributed by atoms with Crippen molar-refractivity contribution in [1.29, 1.82) is 0 Å². The van der Waals surface area contributed by atoms with E-state index in [-0.39, 0.29) is 0 Å². The van der Waals surface area contributed by atoms with Crippen LogP contribution in [0.5, 0.6) is 0 Å². The predicted molar refractivity (Wildman–Crippen MR) is 96.2 cm³/mol. The summed E-state index contributed by atoms with van der Waals surface area (Å²) >= 11 is 1.59. The molecule has 0 heterocycles. The van der Waals surface area contributed by atoms with Crippen molar-refractivity contribution in [3.05, 3.63) is 60.2 Å². The minimum Gasteiger partial charge on any atom is -0.329 e. The highest BCUT2D eigenvalue weighted by molar-refractivity contribution is 7.98. The molecule has 0 saturated carbocycles. The molecule has 0 bridgehead atoms. The molecule has 0 saturated heterocycles. The van der Waals surface area contributed by atoms with E-state index in [1.54, 1.807) is 23.9 Å². The lowest BCUT2D eigenvalue weighted by atomic mass is 10.1. The topological polar surface area (TPSA) is 63.4 Å². The van der Waals surface area contributed by atoms with Gasteiger partial charge in [-0.15, -0.1) is 11.8 Å². The Morgan fingerprint density at radius 2 is 1.65 bits per heavy atom. The largest absolute Gasteiger partial charge is 0.329 e. The number of sulfonamides is 1. The molecule has 0 radical (unpaired) electrons. The highest BCUT2D eigenvalue weighted by Gasteiger charge is 2.23. The van der Waals surface area contributed by atoms with Crippen molar-refractivity contribution in [3.63, 3.8) is 0 Å². The van der Waals surface area contributed by atoms with E-state index in [0.717, 1.165) is 10.5 Å². The Morgan fingerprint density at radius 1 is 1.00 bits per heavy atom. The summed E-state index contributed by atoms with van der Waals surface area (Å²) in [5.74, 6) is 0. The van der Waals surface area contributed by atoms with Crippen molar-refractivity contribution in [2.45, 2.75) is 16.2 Å². The molecule has 0 aliphatic heterocycles. The van der Waals surface area contributed by atoms with E-state index >= 15 is 0 Å². The molecule has 124 valence electrons. The lowest BCUT2D eigenvalue weighted by Crippen LogP contribution is -2.36. The second-order valence-corrected chi connectivity index (χ2v) is 7.92. The Bertz CT molecular complexity index is 701. The van der Waals surface area contributed by atoms with Gasteiger partial charge in [0.1, 0.15) is 0 Å². The normalized spacial score (nSPS) is 11.8. The molecule has 0 amide bonds. The maximum Gasteiger partial charge on any atom is 0.243 e. The van der Waals surface area contributed by atoms with Gasteiger partial charge in [-0.2, -0.15) is 4.31 Å². The summed E-state index contributed by atoms with van der Waals surface area (Å²) < 4.78 is 27.1. The van der Waals surface area contributed by atoms with E-state index in [9.17, 15) is 8.42 Å². The SMILES string of the molecule is CSc1ccc(S(=O)(=O)N(CCN)CCc2ccccc2)cc1. The van der Waals surface area contributed by atoms with Gasteiger partial charge in [-0.25, -0.2) is 8.42 Å². The standard InChI is InChI=1S/C17H22N2O2S2/c1-22-16-7-9-17(10-8-16)23(20,21)19(14-12-18)13-11-15-5-3-2-4-6-15/h2-10H,11-14,18H2,1H3. The zero-order chi connectivity index (χ0) is 16.7. The Labute approximate surface area is 142 Å². The number of hydrogen-bond donors (Lipinski definition) is 1. The lowest BCUT2D eigenvalue weighted by molar-refractivity contribution is 0.421. The molecule has 6 heteroatoms. The van der Waals surface area contributed by atoms with Gasteiger partial charge in [-0.1, -0.05) is 30.3 Å².